The number of nitrogens with two attached hydrogens (primary N) is 1. The number of likely N-dealkylation sites (tertiary alicyclic amines) is 1. The van der Waals surface area contributed by atoms with Gasteiger partial charge < -0.3 is 20.7 Å². The molecule has 1 saturated carbocycles. The Morgan fingerprint density at radius 1 is 1.23 bits per heavy atom. The monoisotopic (exact) mass is 379 g/mol. The molecule has 5 nitrogen and oxygen atoms in total. The Bertz CT molecular complexity index is 451. The van der Waals surface area contributed by atoms with E-state index in [4.69, 9.17) is 10.5 Å². The van der Waals surface area contributed by atoms with E-state index in [-0.39, 0.29) is 24.8 Å². The Kier molecular flexibility index (Phi) is 7.58. The molecule has 1 heterocycles. The first-order chi connectivity index (χ1) is 12.2. The lowest BCUT2D eigenvalue weighted by molar-refractivity contribution is -0.123. The molecule has 1 aliphatic carbocycles. The van der Waals surface area contributed by atoms with Gasteiger partial charge in [0.15, 0.2) is 0 Å². The molecule has 8 heteroatoms. The Morgan fingerprint density at radius 2 is 1.88 bits per heavy atom. The third kappa shape index (κ3) is 6.30. The van der Waals surface area contributed by atoms with Gasteiger partial charge in [-0.05, 0) is 50.4 Å². The Labute approximate surface area is 153 Å². The normalized spacial score (nSPS) is 30.5. The van der Waals surface area contributed by atoms with Gasteiger partial charge in [-0.3, -0.25) is 0 Å². The smallest absolute Gasteiger partial charge is 0.376 e. The molecule has 2 aliphatic rings. The molecule has 0 aromatic heterocycles. The van der Waals surface area contributed by atoms with Gasteiger partial charge in [0.05, 0.1) is 18.8 Å². The summed E-state index contributed by atoms with van der Waals surface area (Å²) in [5.74, 6) is 1.41. The van der Waals surface area contributed by atoms with Gasteiger partial charge >= 0.3 is 12.2 Å². The predicted octanol–water partition coefficient (Wildman–Crippen LogP) is 3.28. The maximum Gasteiger partial charge on any atom is 0.405 e. The molecular formula is C18H32F3N3O2. The van der Waals surface area contributed by atoms with Crippen molar-refractivity contribution in [3.63, 3.8) is 0 Å². The molecule has 0 spiro atoms. The molecule has 0 radical (unpaired) electrons. The highest BCUT2D eigenvalue weighted by molar-refractivity contribution is 5.74. The first-order valence-electron chi connectivity index (χ1n) is 9.65. The minimum Gasteiger partial charge on any atom is -0.376 e. The number of hydrogen-bond acceptors (Lipinski definition) is 3. The van der Waals surface area contributed by atoms with Crippen LogP contribution in [-0.4, -0.2) is 55.0 Å². The number of carbonyl (C=O) groups excluding carboxylic acids is 1. The van der Waals surface area contributed by atoms with Crippen LogP contribution >= 0.6 is 0 Å². The average molecular weight is 379 g/mol. The molecule has 1 aliphatic heterocycles. The lowest BCUT2D eigenvalue weighted by Crippen LogP contribution is -2.59. The quantitative estimate of drug-likeness (QED) is 0.770. The largest absolute Gasteiger partial charge is 0.405 e. The van der Waals surface area contributed by atoms with Crippen LogP contribution in [-0.2, 0) is 4.74 Å². The molecule has 1 saturated heterocycles. The van der Waals surface area contributed by atoms with Crippen molar-refractivity contribution in [3.05, 3.63) is 0 Å². The first kappa shape index (κ1) is 21.3. The van der Waals surface area contributed by atoms with Crippen LogP contribution in [0.2, 0.25) is 0 Å². The summed E-state index contributed by atoms with van der Waals surface area (Å²) in [5, 5.41) is 1.95. The SMILES string of the molecule is CC(C)C1CCC(OC[C@H]2[C@@H](N)CCCN2C(=O)NCC(F)(F)F)CC1. The van der Waals surface area contributed by atoms with Gasteiger partial charge in [0, 0.05) is 12.6 Å². The fraction of sp³-hybridized carbons (Fsp3) is 0.944. The van der Waals surface area contributed by atoms with E-state index in [1.54, 1.807) is 0 Å². The molecule has 2 fully saturated rings. The van der Waals surface area contributed by atoms with Gasteiger partial charge in [0.1, 0.15) is 6.54 Å². The van der Waals surface area contributed by atoms with Crippen molar-refractivity contribution >= 4 is 6.03 Å². The number of amides is 2. The fourth-order valence-corrected chi connectivity index (χ4v) is 3.99. The number of carbonyl (C=O) groups is 1. The minimum atomic E-state index is -4.42. The zero-order valence-electron chi connectivity index (χ0n) is 15.7. The lowest BCUT2D eigenvalue weighted by Gasteiger charge is -2.40. The molecular weight excluding hydrogens is 347 g/mol. The van der Waals surface area contributed by atoms with E-state index >= 15 is 0 Å². The summed E-state index contributed by atoms with van der Waals surface area (Å²) in [6, 6.07) is -1.36. The van der Waals surface area contributed by atoms with Crippen LogP contribution in [0, 0.1) is 11.8 Å². The van der Waals surface area contributed by atoms with Crippen molar-refractivity contribution in [2.24, 2.45) is 17.6 Å². The number of hydrogen-bond donors (Lipinski definition) is 2. The van der Waals surface area contributed by atoms with E-state index in [0.717, 1.165) is 38.0 Å². The predicted molar refractivity (Wildman–Crippen MR) is 93.7 cm³/mol. The van der Waals surface area contributed by atoms with Crippen molar-refractivity contribution < 1.29 is 22.7 Å². The molecule has 26 heavy (non-hydrogen) atoms. The summed E-state index contributed by atoms with van der Waals surface area (Å²) in [5.41, 5.74) is 6.14. The van der Waals surface area contributed by atoms with Crippen LogP contribution in [0.25, 0.3) is 0 Å². The third-order valence-electron chi connectivity index (χ3n) is 5.70. The van der Waals surface area contributed by atoms with Crippen molar-refractivity contribution in [2.75, 3.05) is 19.7 Å². The second-order valence-electron chi connectivity index (χ2n) is 7.95. The second-order valence-corrected chi connectivity index (χ2v) is 7.95. The van der Waals surface area contributed by atoms with E-state index in [1.165, 1.54) is 4.90 Å². The summed E-state index contributed by atoms with van der Waals surface area (Å²) in [7, 11) is 0. The van der Waals surface area contributed by atoms with Gasteiger partial charge in [0.2, 0.25) is 0 Å². The van der Waals surface area contributed by atoms with Crippen molar-refractivity contribution in [1.82, 2.24) is 10.2 Å². The molecule has 2 amide bonds. The highest BCUT2D eigenvalue weighted by atomic mass is 19.4. The third-order valence-corrected chi connectivity index (χ3v) is 5.70. The number of rotatable bonds is 5. The highest BCUT2D eigenvalue weighted by Crippen LogP contribution is 2.31. The van der Waals surface area contributed by atoms with E-state index in [1.807, 2.05) is 5.32 Å². The fourth-order valence-electron chi connectivity index (χ4n) is 3.99. The first-order valence-corrected chi connectivity index (χ1v) is 9.65. The summed E-state index contributed by atoms with van der Waals surface area (Å²) in [6.45, 7) is 3.85. The number of alkyl halides is 3. The van der Waals surface area contributed by atoms with Crippen LogP contribution in [0.5, 0.6) is 0 Å². The lowest BCUT2D eigenvalue weighted by atomic mass is 9.80. The molecule has 0 unspecified atom stereocenters. The summed E-state index contributed by atoms with van der Waals surface area (Å²) >= 11 is 0. The number of piperidine rings is 1. The number of nitrogens with zero attached hydrogens (tertiary/aromatic N) is 1. The van der Waals surface area contributed by atoms with E-state index < -0.39 is 18.8 Å². The topological polar surface area (TPSA) is 67.6 Å². The molecule has 2 atom stereocenters. The number of urea groups is 1. The van der Waals surface area contributed by atoms with Gasteiger partial charge in [-0.2, -0.15) is 13.2 Å². The Hall–Kier alpha value is -1.02. The van der Waals surface area contributed by atoms with Crippen LogP contribution < -0.4 is 11.1 Å². The van der Waals surface area contributed by atoms with E-state index in [0.29, 0.717) is 18.9 Å². The second kappa shape index (κ2) is 9.26. The molecule has 152 valence electrons. The highest BCUT2D eigenvalue weighted by Gasteiger charge is 2.35. The summed E-state index contributed by atoms with van der Waals surface area (Å²) < 4.78 is 43.1. The molecule has 2 rings (SSSR count). The average Bonchev–Trinajstić information content (AvgIpc) is 2.58. The van der Waals surface area contributed by atoms with E-state index in [2.05, 4.69) is 13.8 Å². The van der Waals surface area contributed by atoms with Gasteiger partial charge in [-0.15, -0.1) is 0 Å². The van der Waals surface area contributed by atoms with Gasteiger partial charge in [-0.1, -0.05) is 13.8 Å². The van der Waals surface area contributed by atoms with Crippen LogP contribution in [0.3, 0.4) is 0 Å². The Balaban J connectivity index is 1.85. The standard InChI is InChI=1S/C18H32F3N3O2/c1-12(2)13-5-7-14(8-6-13)26-10-16-15(22)4-3-9-24(16)17(25)23-11-18(19,20)21/h12-16H,3-11,22H2,1-2H3,(H,23,25)/t13?,14?,15-,16-/m0/s1. The summed E-state index contributed by atoms with van der Waals surface area (Å²) in [4.78, 5) is 13.6. The van der Waals surface area contributed by atoms with Crippen LogP contribution in [0.15, 0.2) is 0 Å². The minimum absolute atomic E-state index is 0.152. The summed E-state index contributed by atoms with van der Waals surface area (Å²) in [6.07, 6.45) is 1.42. The van der Waals surface area contributed by atoms with E-state index in [9.17, 15) is 18.0 Å². The number of ether oxygens (including phenoxy) is 1. The van der Waals surface area contributed by atoms with Crippen molar-refractivity contribution in [1.29, 1.82) is 0 Å². The van der Waals surface area contributed by atoms with Crippen LogP contribution in [0.1, 0.15) is 52.4 Å². The maximum atomic E-state index is 12.4. The van der Waals surface area contributed by atoms with Gasteiger partial charge in [-0.25, -0.2) is 4.79 Å². The molecule has 0 aromatic carbocycles. The zero-order chi connectivity index (χ0) is 19.3. The Morgan fingerprint density at radius 3 is 2.46 bits per heavy atom. The van der Waals surface area contributed by atoms with Crippen molar-refractivity contribution in [2.45, 2.75) is 76.7 Å². The molecule has 3 N–H and O–H groups in total. The van der Waals surface area contributed by atoms with Crippen LogP contribution in [0.4, 0.5) is 18.0 Å². The molecule has 0 bridgehead atoms. The number of halogens is 3. The van der Waals surface area contributed by atoms with Gasteiger partial charge in [0.25, 0.3) is 0 Å². The zero-order valence-corrected chi connectivity index (χ0v) is 15.7. The van der Waals surface area contributed by atoms with Crippen molar-refractivity contribution in [3.8, 4) is 0 Å². The number of nitrogens with one attached hydrogen (secondary N) is 1. The maximum absolute atomic E-state index is 12.4. The molecule has 0 aromatic rings.